The third-order valence-electron chi connectivity index (χ3n) is 7.43. The van der Waals surface area contributed by atoms with Gasteiger partial charge in [0.25, 0.3) is 17.6 Å². The van der Waals surface area contributed by atoms with Gasteiger partial charge in [0.1, 0.15) is 18.4 Å². The first-order valence-corrected chi connectivity index (χ1v) is 13.6. The number of pyridine rings is 1. The molecule has 0 saturated carbocycles. The quantitative estimate of drug-likeness (QED) is 0.222. The molecular weight excluding hydrogens is 538 g/mol. The Balaban J connectivity index is 1.21. The summed E-state index contributed by atoms with van der Waals surface area (Å²) in [6.45, 7) is 3.34. The number of piperazine rings is 1. The Kier molecular flexibility index (Phi) is 7.21. The first-order valence-electron chi connectivity index (χ1n) is 13.6. The van der Waals surface area contributed by atoms with E-state index in [1.54, 1.807) is 38.9 Å². The molecule has 1 aliphatic rings. The normalized spacial score (nSPS) is 15.2. The van der Waals surface area contributed by atoms with E-state index in [-0.39, 0.29) is 30.6 Å². The number of rotatable bonds is 8. The van der Waals surface area contributed by atoms with Gasteiger partial charge in [-0.3, -0.25) is 19.1 Å². The van der Waals surface area contributed by atoms with Gasteiger partial charge in [-0.05, 0) is 25.1 Å². The van der Waals surface area contributed by atoms with Crippen LogP contribution in [0.1, 0.15) is 33.3 Å². The van der Waals surface area contributed by atoms with E-state index in [9.17, 15) is 14.4 Å². The van der Waals surface area contributed by atoms with Crippen molar-refractivity contribution < 1.29 is 19.1 Å². The molecule has 0 bridgehead atoms. The lowest BCUT2D eigenvalue weighted by Gasteiger charge is -2.39. The van der Waals surface area contributed by atoms with Gasteiger partial charge in [0.05, 0.1) is 35.5 Å². The summed E-state index contributed by atoms with van der Waals surface area (Å²) in [6, 6.07) is 10.7. The Morgan fingerprint density at radius 1 is 1.12 bits per heavy atom. The van der Waals surface area contributed by atoms with Crippen molar-refractivity contribution in [2.45, 2.75) is 25.9 Å². The average molecular weight is 568 g/mol. The number of carbonyl (C=O) groups is 3. The molecule has 42 heavy (non-hydrogen) atoms. The topological polar surface area (TPSA) is 144 Å². The third kappa shape index (κ3) is 5.00. The van der Waals surface area contributed by atoms with Crippen LogP contribution in [0.4, 0.5) is 0 Å². The van der Waals surface area contributed by atoms with Gasteiger partial charge in [0.2, 0.25) is 0 Å². The molecule has 1 N–H and O–H groups in total. The zero-order chi connectivity index (χ0) is 29.2. The van der Waals surface area contributed by atoms with E-state index in [4.69, 9.17) is 4.74 Å². The number of hydrogen-bond donors (Lipinski definition) is 1. The second-order valence-corrected chi connectivity index (χ2v) is 10.1. The van der Waals surface area contributed by atoms with Crippen LogP contribution in [0.5, 0.6) is 5.75 Å². The standard InChI is InChI=1S/C29H29N9O4/c1-19-16-35(12-13-37(19)28(40)20-6-4-3-5-7-20)29(41)26(39)22-14-31-25-24(22)23(42-2)15-32-27(25)38-11-9-21(34-38)8-10-36-18-30-17-33-36/h3-7,9,11,14-15,17-19,31H,8,10,12-13,16H2,1-2H3/t19-/m1/s1. The van der Waals surface area contributed by atoms with E-state index in [2.05, 4.69) is 25.1 Å². The van der Waals surface area contributed by atoms with Crippen LogP contribution in [0.25, 0.3) is 16.7 Å². The Hall–Kier alpha value is -5.33. The van der Waals surface area contributed by atoms with Crippen molar-refractivity contribution in [3.05, 3.63) is 84.5 Å². The molecule has 13 heteroatoms. The molecule has 1 aliphatic heterocycles. The number of nitrogens with one attached hydrogen (secondary N) is 1. The van der Waals surface area contributed by atoms with Crippen molar-refractivity contribution in [1.82, 2.24) is 44.3 Å². The molecule has 6 rings (SSSR count). The summed E-state index contributed by atoms with van der Waals surface area (Å²) < 4.78 is 8.88. The van der Waals surface area contributed by atoms with Crippen molar-refractivity contribution >= 4 is 28.5 Å². The summed E-state index contributed by atoms with van der Waals surface area (Å²) in [5.74, 6) is -0.574. The smallest absolute Gasteiger partial charge is 0.295 e. The number of ether oxygens (including phenoxy) is 1. The molecule has 0 spiro atoms. The number of aromatic nitrogens is 7. The maximum absolute atomic E-state index is 13.6. The molecule has 13 nitrogen and oxygen atoms in total. The molecule has 1 aromatic carbocycles. The predicted octanol–water partition coefficient (Wildman–Crippen LogP) is 2.15. The first kappa shape index (κ1) is 26.9. The second-order valence-electron chi connectivity index (χ2n) is 10.1. The number of Topliss-reactive ketones (excluding diaryl/α,β-unsaturated/α-hetero) is 1. The fraction of sp³-hybridized carbons (Fsp3) is 0.276. The summed E-state index contributed by atoms with van der Waals surface area (Å²) in [5.41, 5.74) is 2.12. The van der Waals surface area contributed by atoms with Crippen LogP contribution >= 0.6 is 0 Å². The van der Waals surface area contributed by atoms with Gasteiger partial charge in [-0.2, -0.15) is 10.2 Å². The maximum Gasteiger partial charge on any atom is 0.295 e. The summed E-state index contributed by atoms with van der Waals surface area (Å²) in [4.78, 5) is 54.8. The number of methoxy groups -OCH3 is 1. The van der Waals surface area contributed by atoms with Gasteiger partial charge in [0.15, 0.2) is 5.82 Å². The van der Waals surface area contributed by atoms with E-state index in [1.165, 1.54) is 30.7 Å². The fourth-order valence-corrected chi connectivity index (χ4v) is 5.25. The van der Waals surface area contributed by atoms with Crippen LogP contribution in [-0.4, -0.2) is 94.7 Å². The van der Waals surface area contributed by atoms with Gasteiger partial charge in [-0.15, -0.1) is 0 Å². The van der Waals surface area contributed by atoms with Crippen molar-refractivity contribution in [2.24, 2.45) is 0 Å². The number of aryl methyl sites for hydroxylation is 2. The second kappa shape index (κ2) is 11.3. The monoisotopic (exact) mass is 567 g/mol. The van der Waals surface area contributed by atoms with Crippen LogP contribution < -0.4 is 4.74 Å². The SMILES string of the molecule is COc1cnc(-n2ccc(CCn3cncn3)n2)c2[nH]cc(C(=O)C(=O)N3CCN(C(=O)c4ccccc4)[C@H](C)C3)c12. The summed E-state index contributed by atoms with van der Waals surface area (Å²) in [7, 11) is 1.49. The molecule has 5 heterocycles. The first-order chi connectivity index (χ1) is 20.4. The lowest BCUT2D eigenvalue weighted by atomic mass is 10.1. The molecule has 2 amide bonds. The van der Waals surface area contributed by atoms with Crippen molar-refractivity contribution in [2.75, 3.05) is 26.7 Å². The predicted molar refractivity (Wildman–Crippen MR) is 151 cm³/mol. The van der Waals surface area contributed by atoms with E-state index >= 15 is 0 Å². The lowest BCUT2D eigenvalue weighted by molar-refractivity contribution is -0.128. The summed E-state index contributed by atoms with van der Waals surface area (Å²) in [5, 5.41) is 9.20. The van der Waals surface area contributed by atoms with E-state index < -0.39 is 11.7 Å². The molecule has 1 atom stereocenters. The number of aromatic amines is 1. The number of H-pyrrole nitrogens is 1. The van der Waals surface area contributed by atoms with E-state index in [0.717, 1.165) is 5.69 Å². The van der Waals surface area contributed by atoms with Crippen molar-refractivity contribution in [1.29, 1.82) is 0 Å². The molecule has 5 aromatic rings. The Morgan fingerprint density at radius 2 is 1.95 bits per heavy atom. The highest BCUT2D eigenvalue weighted by Crippen LogP contribution is 2.32. The van der Waals surface area contributed by atoms with Gasteiger partial charge in [0, 0.05) is 56.6 Å². The number of amides is 2. The molecule has 214 valence electrons. The van der Waals surface area contributed by atoms with Gasteiger partial charge in [-0.25, -0.2) is 14.6 Å². The number of carbonyl (C=O) groups excluding carboxylic acids is 3. The Bertz CT molecular complexity index is 1740. The maximum atomic E-state index is 13.6. The van der Waals surface area contributed by atoms with Crippen LogP contribution in [0.2, 0.25) is 0 Å². The number of benzene rings is 1. The fourth-order valence-electron chi connectivity index (χ4n) is 5.25. The highest BCUT2D eigenvalue weighted by molar-refractivity contribution is 6.45. The minimum absolute atomic E-state index is 0.0944. The highest BCUT2D eigenvalue weighted by atomic mass is 16.5. The van der Waals surface area contributed by atoms with E-state index in [1.807, 2.05) is 31.2 Å². The van der Waals surface area contributed by atoms with Gasteiger partial charge >= 0.3 is 0 Å². The van der Waals surface area contributed by atoms with Crippen LogP contribution in [0.15, 0.2) is 67.6 Å². The molecule has 0 aliphatic carbocycles. The van der Waals surface area contributed by atoms with Crippen molar-refractivity contribution in [3.8, 4) is 11.6 Å². The number of fused-ring (bicyclic) bond motifs is 1. The minimum Gasteiger partial charge on any atom is -0.494 e. The molecule has 0 radical (unpaired) electrons. The zero-order valence-corrected chi connectivity index (χ0v) is 23.2. The molecule has 1 fully saturated rings. The number of nitrogens with zero attached hydrogens (tertiary/aromatic N) is 8. The van der Waals surface area contributed by atoms with Crippen LogP contribution in [-0.2, 0) is 17.8 Å². The highest BCUT2D eigenvalue weighted by Gasteiger charge is 2.34. The van der Waals surface area contributed by atoms with Gasteiger partial charge < -0.3 is 19.5 Å². The molecule has 0 unspecified atom stereocenters. The van der Waals surface area contributed by atoms with Crippen molar-refractivity contribution in [3.63, 3.8) is 0 Å². The number of hydrogen-bond acceptors (Lipinski definition) is 8. The van der Waals surface area contributed by atoms with Crippen LogP contribution in [0, 0.1) is 0 Å². The zero-order valence-electron chi connectivity index (χ0n) is 23.2. The average Bonchev–Trinajstić information content (AvgIpc) is 3.80. The van der Waals surface area contributed by atoms with Gasteiger partial charge in [-0.1, -0.05) is 18.2 Å². The minimum atomic E-state index is -0.666. The Morgan fingerprint density at radius 3 is 2.69 bits per heavy atom. The van der Waals surface area contributed by atoms with Crippen LogP contribution in [0.3, 0.4) is 0 Å². The molecular formula is C29H29N9O4. The molecule has 1 saturated heterocycles. The summed E-state index contributed by atoms with van der Waals surface area (Å²) in [6.07, 6.45) is 8.58. The third-order valence-corrected chi connectivity index (χ3v) is 7.43. The number of ketones is 1. The lowest BCUT2D eigenvalue weighted by Crippen LogP contribution is -2.56. The largest absolute Gasteiger partial charge is 0.494 e. The Labute approximate surface area is 240 Å². The van der Waals surface area contributed by atoms with E-state index in [0.29, 0.717) is 47.5 Å². The summed E-state index contributed by atoms with van der Waals surface area (Å²) >= 11 is 0. The molecule has 4 aromatic heterocycles.